The molecule has 0 radical (unpaired) electrons. The Morgan fingerprint density at radius 3 is 2.65 bits per heavy atom. The number of pyridine rings is 2. The first kappa shape index (κ1) is 20.7. The van der Waals surface area contributed by atoms with Crippen molar-refractivity contribution in [2.24, 2.45) is 5.92 Å². The van der Waals surface area contributed by atoms with E-state index < -0.39 is 6.03 Å². The summed E-state index contributed by atoms with van der Waals surface area (Å²) in [5.74, 6) is 0.764. The largest absolute Gasteiger partial charge is 0.455 e. The second kappa shape index (κ2) is 8.68. The lowest BCUT2D eigenvalue weighted by Gasteiger charge is -2.17. The van der Waals surface area contributed by atoms with Gasteiger partial charge in [0.05, 0.1) is 23.8 Å². The van der Waals surface area contributed by atoms with Crippen LogP contribution >= 0.6 is 0 Å². The molecule has 2 aliphatic heterocycles. The summed E-state index contributed by atoms with van der Waals surface area (Å²) in [4.78, 5) is 44.0. The van der Waals surface area contributed by atoms with Crippen LogP contribution in [0.25, 0.3) is 0 Å². The summed E-state index contributed by atoms with van der Waals surface area (Å²) in [6, 6.07) is 5.83. The number of aryl methyl sites for hydroxylation is 1. The molecule has 4 rings (SSSR count). The number of anilines is 2. The third-order valence-corrected chi connectivity index (χ3v) is 5.22. The van der Waals surface area contributed by atoms with Crippen molar-refractivity contribution in [1.82, 2.24) is 15.3 Å². The van der Waals surface area contributed by atoms with Gasteiger partial charge in [0.15, 0.2) is 0 Å². The first-order valence-electron chi connectivity index (χ1n) is 10.0. The number of aromatic nitrogens is 2. The maximum absolute atomic E-state index is 12.3. The van der Waals surface area contributed by atoms with Crippen LogP contribution in [0.2, 0.25) is 0 Å². The fourth-order valence-electron chi connectivity index (χ4n) is 3.84. The van der Waals surface area contributed by atoms with E-state index in [1.807, 2.05) is 0 Å². The van der Waals surface area contributed by atoms with Crippen LogP contribution < -0.4 is 20.7 Å². The Bertz CT molecular complexity index is 1030. The highest BCUT2D eigenvalue weighted by atomic mass is 16.5. The minimum Gasteiger partial charge on any atom is -0.455 e. The van der Waals surface area contributed by atoms with E-state index in [0.717, 1.165) is 12.8 Å². The Morgan fingerprint density at radius 1 is 1.13 bits per heavy atom. The Balaban J connectivity index is 1.34. The van der Waals surface area contributed by atoms with Crippen LogP contribution in [-0.4, -0.2) is 40.0 Å². The highest BCUT2D eigenvalue weighted by Crippen LogP contribution is 2.38. The number of amides is 4. The van der Waals surface area contributed by atoms with E-state index in [-0.39, 0.29) is 35.8 Å². The lowest BCUT2D eigenvalue weighted by atomic mass is 9.89. The van der Waals surface area contributed by atoms with Gasteiger partial charge in [-0.15, -0.1) is 0 Å². The quantitative estimate of drug-likeness (QED) is 0.671. The van der Waals surface area contributed by atoms with E-state index in [4.69, 9.17) is 9.47 Å². The van der Waals surface area contributed by atoms with Crippen LogP contribution in [-0.2, 0) is 14.3 Å². The summed E-state index contributed by atoms with van der Waals surface area (Å²) in [6.45, 7) is 3.12. The van der Waals surface area contributed by atoms with Gasteiger partial charge in [-0.3, -0.25) is 20.2 Å². The number of carbonyl (C=O) groups excluding carboxylic acids is 3. The molecule has 2 aromatic rings. The molecule has 0 aliphatic carbocycles. The fraction of sp³-hybridized carbons (Fsp3) is 0.381. The number of nitrogens with zero attached hydrogens (tertiary/aromatic N) is 2. The molecule has 2 bridgehead atoms. The van der Waals surface area contributed by atoms with E-state index in [1.165, 1.54) is 13.1 Å². The molecule has 31 heavy (non-hydrogen) atoms. The van der Waals surface area contributed by atoms with Gasteiger partial charge < -0.3 is 14.8 Å². The zero-order valence-electron chi connectivity index (χ0n) is 17.2. The molecule has 162 valence electrons. The average molecular weight is 425 g/mol. The SMILES string of the molecule is CC(=O)Nc1cc(Oc2ccc(NC(=O)NC(=O)C3CC4CCC3O4)nc2C)ccn1. The van der Waals surface area contributed by atoms with Gasteiger partial charge in [0.1, 0.15) is 23.1 Å². The Hall–Kier alpha value is -3.53. The molecule has 10 heteroatoms. The Kier molecular flexibility index (Phi) is 5.81. The second-order valence-corrected chi connectivity index (χ2v) is 7.60. The minimum atomic E-state index is -0.637. The molecule has 4 amide bonds. The summed E-state index contributed by atoms with van der Waals surface area (Å²) in [5, 5.41) is 7.52. The summed E-state index contributed by atoms with van der Waals surface area (Å²) in [7, 11) is 0. The number of hydrogen-bond acceptors (Lipinski definition) is 7. The van der Waals surface area contributed by atoms with Crippen LogP contribution in [0, 0.1) is 12.8 Å². The molecule has 3 N–H and O–H groups in total. The molecular formula is C21H23N5O5. The lowest BCUT2D eigenvalue weighted by Crippen LogP contribution is -2.41. The molecule has 10 nitrogen and oxygen atoms in total. The number of imide groups is 1. The van der Waals surface area contributed by atoms with Crippen molar-refractivity contribution < 1.29 is 23.9 Å². The molecule has 2 fully saturated rings. The first-order chi connectivity index (χ1) is 14.9. The highest BCUT2D eigenvalue weighted by molar-refractivity contribution is 6.01. The number of fused-ring (bicyclic) bond motifs is 2. The van der Waals surface area contributed by atoms with Crippen molar-refractivity contribution in [2.75, 3.05) is 10.6 Å². The van der Waals surface area contributed by atoms with Gasteiger partial charge in [0, 0.05) is 19.2 Å². The molecule has 3 atom stereocenters. The molecule has 0 spiro atoms. The number of urea groups is 1. The van der Waals surface area contributed by atoms with Crippen LogP contribution in [0.15, 0.2) is 30.5 Å². The number of rotatable bonds is 5. The van der Waals surface area contributed by atoms with Crippen LogP contribution in [0.5, 0.6) is 11.5 Å². The molecule has 0 aromatic carbocycles. The van der Waals surface area contributed by atoms with Crippen LogP contribution in [0.3, 0.4) is 0 Å². The summed E-state index contributed by atoms with van der Waals surface area (Å²) in [5.41, 5.74) is 0.531. The van der Waals surface area contributed by atoms with Crippen molar-refractivity contribution in [3.8, 4) is 11.5 Å². The van der Waals surface area contributed by atoms with Crippen molar-refractivity contribution in [3.63, 3.8) is 0 Å². The molecule has 0 saturated carbocycles. The van der Waals surface area contributed by atoms with E-state index in [9.17, 15) is 14.4 Å². The molecule has 2 aromatic heterocycles. The predicted molar refractivity (Wildman–Crippen MR) is 111 cm³/mol. The smallest absolute Gasteiger partial charge is 0.327 e. The molecular weight excluding hydrogens is 402 g/mol. The number of carbonyl (C=O) groups is 3. The molecule has 4 heterocycles. The summed E-state index contributed by atoms with van der Waals surface area (Å²) < 4.78 is 11.5. The first-order valence-corrected chi connectivity index (χ1v) is 10.0. The Morgan fingerprint density at radius 2 is 1.97 bits per heavy atom. The monoisotopic (exact) mass is 425 g/mol. The predicted octanol–water partition coefficient (Wildman–Crippen LogP) is 2.75. The van der Waals surface area contributed by atoms with Gasteiger partial charge >= 0.3 is 6.03 Å². The number of ether oxygens (including phenoxy) is 2. The topological polar surface area (TPSA) is 132 Å². The average Bonchev–Trinajstić information content (AvgIpc) is 3.33. The minimum absolute atomic E-state index is 0.0889. The normalized spacial score (nSPS) is 21.4. The van der Waals surface area contributed by atoms with Crippen molar-refractivity contribution >= 4 is 29.5 Å². The van der Waals surface area contributed by atoms with Crippen LogP contribution in [0.1, 0.15) is 31.9 Å². The van der Waals surface area contributed by atoms with E-state index in [1.54, 1.807) is 31.2 Å². The maximum atomic E-state index is 12.3. The van der Waals surface area contributed by atoms with Gasteiger partial charge in [0.2, 0.25) is 11.8 Å². The van der Waals surface area contributed by atoms with Crippen molar-refractivity contribution in [3.05, 3.63) is 36.2 Å². The van der Waals surface area contributed by atoms with Gasteiger partial charge in [-0.05, 0) is 44.4 Å². The standard InChI is InChI=1S/C21H23N5O5/c1-11-16(30-14-7-8-22-19(10-14)24-12(2)27)5-6-18(23-11)25-21(29)26-20(28)15-9-13-3-4-17(15)31-13/h5-8,10,13,15,17H,3-4,9H2,1-2H3,(H,22,24,27)(H2,23,25,26,28,29). The summed E-state index contributed by atoms with van der Waals surface area (Å²) >= 11 is 0. The van der Waals surface area contributed by atoms with Gasteiger partial charge in [0.25, 0.3) is 0 Å². The maximum Gasteiger partial charge on any atom is 0.327 e. The van der Waals surface area contributed by atoms with Gasteiger partial charge in [-0.25, -0.2) is 14.8 Å². The van der Waals surface area contributed by atoms with Crippen LogP contribution in [0.4, 0.5) is 16.4 Å². The van der Waals surface area contributed by atoms with Crippen molar-refractivity contribution in [1.29, 1.82) is 0 Å². The molecule has 2 saturated heterocycles. The van der Waals surface area contributed by atoms with E-state index >= 15 is 0 Å². The van der Waals surface area contributed by atoms with Gasteiger partial charge in [-0.2, -0.15) is 0 Å². The fourth-order valence-corrected chi connectivity index (χ4v) is 3.84. The molecule has 2 aliphatic rings. The Labute approximate surface area is 178 Å². The van der Waals surface area contributed by atoms with E-state index in [0.29, 0.717) is 29.4 Å². The third kappa shape index (κ3) is 4.97. The third-order valence-electron chi connectivity index (χ3n) is 5.22. The second-order valence-electron chi connectivity index (χ2n) is 7.60. The van der Waals surface area contributed by atoms with Crippen molar-refractivity contribution in [2.45, 2.75) is 45.3 Å². The zero-order valence-corrected chi connectivity index (χ0v) is 17.2. The lowest BCUT2D eigenvalue weighted by molar-refractivity contribution is -0.125. The molecule has 3 unspecified atom stereocenters. The summed E-state index contributed by atoms with van der Waals surface area (Å²) in [6.07, 6.45) is 4.06. The number of hydrogen-bond donors (Lipinski definition) is 3. The van der Waals surface area contributed by atoms with E-state index in [2.05, 4.69) is 25.9 Å². The zero-order chi connectivity index (χ0) is 22.0. The number of nitrogens with one attached hydrogen (secondary N) is 3. The highest BCUT2D eigenvalue weighted by Gasteiger charge is 2.44. The van der Waals surface area contributed by atoms with Gasteiger partial charge in [-0.1, -0.05) is 0 Å².